The molecular weight excluding hydrogens is 202 g/mol. The molecule has 0 saturated carbocycles. The number of hydrogen-bond acceptors (Lipinski definition) is 2. The minimum atomic E-state index is -0.402. The van der Waals surface area contributed by atoms with E-state index in [0.717, 1.165) is 12.0 Å². The molecular formula is C13H15NO2. The Kier molecular flexibility index (Phi) is 4.07. The van der Waals surface area contributed by atoms with Gasteiger partial charge >= 0.3 is 5.97 Å². The number of esters is 1. The number of carbonyl (C=O) groups is 1. The first kappa shape index (κ1) is 12.3. The first-order chi connectivity index (χ1) is 7.58. The van der Waals surface area contributed by atoms with Crippen LogP contribution in [0, 0.1) is 12.5 Å². The van der Waals surface area contributed by atoms with Crippen molar-refractivity contribution < 1.29 is 9.53 Å². The number of nitrogens with zero attached hydrogens (tertiary/aromatic N) is 1. The van der Waals surface area contributed by atoms with Crippen LogP contribution in [0.25, 0.3) is 4.85 Å². The maximum atomic E-state index is 11.3. The molecule has 0 unspecified atom stereocenters. The van der Waals surface area contributed by atoms with Crippen molar-refractivity contribution in [2.24, 2.45) is 5.92 Å². The first-order valence-corrected chi connectivity index (χ1v) is 5.17. The number of hydrogen-bond donors (Lipinski definition) is 0. The van der Waals surface area contributed by atoms with Gasteiger partial charge < -0.3 is 4.74 Å². The number of rotatable bonds is 3. The van der Waals surface area contributed by atoms with Crippen LogP contribution in [0.3, 0.4) is 0 Å². The van der Waals surface area contributed by atoms with E-state index in [4.69, 9.17) is 6.57 Å². The number of benzene rings is 1. The lowest BCUT2D eigenvalue weighted by atomic mass is 10.00. The summed E-state index contributed by atoms with van der Waals surface area (Å²) < 4.78 is 4.61. The van der Waals surface area contributed by atoms with E-state index in [9.17, 15) is 4.79 Å². The molecule has 0 aliphatic heterocycles. The Morgan fingerprint density at radius 2 is 2.19 bits per heavy atom. The van der Waals surface area contributed by atoms with Crippen LogP contribution in [0.5, 0.6) is 0 Å². The Morgan fingerprint density at radius 1 is 1.50 bits per heavy atom. The summed E-state index contributed by atoms with van der Waals surface area (Å²) in [6.07, 6.45) is 0.846. The van der Waals surface area contributed by atoms with Crippen LogP contribution in [-0.4, -0.2) is 13.1 Å². The van der Waals surface area contributed by atoms with Crippen LogP contribution in [0.2, 0.25) is 0 Å². The summed E-state index contributed by atoms with van der Waals surface area (Å²) in [5, 5.41) is 0. The lowest BCUT2D eigenvalue weighted by Crippen LogP contribution is -2.02. The molecule has 3 heteroatoms. The highest BCUT2D eigenvalue weighted by atomic mass is 16.5. The van der Waals surface area contributed by atoms with Crippen LogP contribution in [0.1, 0.15) is 29.8 Å². The molecule has 84 valence electrons. The molecule has 0 aliphatic rings. The van der Waals surface area contributed by atoms with E-state index in [1.807, 2.05) is 6.07 Å². The zero-order valence-electron chi connectivity index (χ0n) is 9.78. The Morgan fingerprint density at radius 3 is 2.69 bits per heavy atom. The van der Waals surface area contributed by atoms with Crippen molar-refractivity contribution in [1.82, 2.24) is 0 Å². The second kappa shape index (κ2) is 5.32. The summed E-state index contributed by atoms with van der Waals surface area (Å²) >= 11 is 0. The van der Waals surface area contributed by atoms with Crippen LogP contribution in [0.15, 0.2) is 18.2 Å². The van der Waals surface area contributed by atoms with E-state index < -0.39 is 5.97 Å². The Labute approximate surface area is 95.9 Å². The number of methoxy groups -OCH3 is 1. The van der Waals surface area contributed by atoms with Crippen LogP contribution < -0.4 is 0 Å². The summed E-state index contributed by atoms with van der Waals surface area (Å²) in [4.78, 5) is 14.7. The van der Waals surface area contributed by atoms with E-state index in [1.165, 1.54) is 7.11 Å². The second-order valence-electron chi connectivity index (χ2n) is 4.04. The van der Waals surface area contributed by atoms with Crippen molar-refractivity contribution in [2.75, 3.05) is 7.11 Å². The number of carbonyl (C=O) groups excluding carboxylic acids is 1. The molecule has 0 spiro atoms. The van der Waals surface area contributed by atoms with Gasteiger partial charge in [0, 0.05) is 5.56 Å². The van der Waals surface area contributed by atoms with Gasteiger partial charge in [0.25, 0.3) is 0 Å². The van der Waals surface area contributed by atoms with Crippen LogP contribution in [0.4, 0.5) is 5.69 Å². The van der Waals surface area contributed by atoms with Crippen molar-refractivity contribution in [2.45, 2.75) is 20.3 Å². The van der Waals surface area contributed by atoms with E-state index in [-0.39, 0.29) is 0 Å². The van der Waals surface area contributed by atoms with Gasteiger partial charge in [-0.25, -0.2) is 9.64 Å². The SMILES string of the molecule is [C-]#[N+]c1cc(C(=O)OC)ccc1CC(C)C. The third kappa shape index (κ3) is 2.83. The lowest BCUT2D eigenvalue weighted by Gasteiger charge is -2.08. The molecule has 0 amide bonds. The highest BCUT2D eigenvalue weighted by Gasteiger charge is 2.10. The summed E-state index contributed by atoms with van der Waals surface area (Å²) in [5.74, 6) is 0.0884. The minimum absolute atomic E-state index is 0.402. The fourth-order valence-electron chi connectivity index (χ4n) is 1.53. The van der Waals surface area contributed by atoms with Gasteiger partial charge in [-0.2, -0.15) is 0 Å². The van der Waals surface area contributed by atoms with Gasteiger partial charge in [0.2, 0.25) is 0 Å². The third-order valence-corrected chi connectivity index (χ3v) is 2.26. The molecule has 0 aliphatic carbocycles. The van der Waals surface area contributed by atoms with Crippen LogP contribution in [-0.2, 0) is 11.2 Å². The molecule has 0 atom stereocenters. The molecule has 0 heterocycles. The molecule has 0 radical (unpaired) electrons. The van der Waals surface area contributed by atoms with Gasteiger partial charge in [0.15, 0.2) is 5.69 Å². The van der Waals surface area contributed by atoms with Crippen molar-refractivity contribution in [1.29, 1.82) is 0 Å². The monoisotopic (exact) mass is 217 g/mol. The highest BCUT2D eigenvalue weighted by molar-refractivity contribution is 5.90. The fourth-order valence-corrected chi connectivity index (χ4v) is 1.53. The van der Waals surface area contributed by atoms with E-state index >= 15 is 0 Å². The topological polar surface area (TPSA) is 30.7 Å². The maximum Gasteiger partial charge on any atom is 0.336 e. The average Bonchev–Trinajstić information content (AvgIpc) is 2.27. The molecule has 3 nitrogen and oxygen atoms in total. The quantitative estimate of drug-likeness (QED) is 0.575. The molecule has 0 N–H and O–H groups in total. The molecule has 1 aromatic carbocycles. The summed E-state index contributed by atoms with van der Waals surface area (Å²) in [6.45, 7) is 11.3. The van der Waals surface area contributed by atoms with Gasteiger partial charge in [-0.1, -0.05) is 19.9 Å². The maximum absolute atomic E-state index is 11.3. The van der Waals surface area contributed by atoms with Crippen molar-refractivity contribution in [3.8, 4) is 0 Å². The van der Waals surface area contributed by atoms with E-state index in [1.54, 1.807) is 12.1 Å². The Balaban J connectivity index is 3.08. The third-order valence-electron chi connectivity index (χ3n) is 2.26. The summed E-state index contributed by atoms with van der Waals surface area (Å²) in [6, 6.07) is 5.13. The zero-order chi connectivity index (χ0) is 12.1. The first-order valence-electron chi connectivity index (χ1n) is 5.17. The average molecular weight is 217 g/mol. The predicted molar refractivity (Wildman–Crippen MR) is 62.6 cm³/mol. The molecule has 0 saturated heterocycles. The highest BCUT2D eigenvalue weighted by Crippen LogP contribution is 2.24. The largest absolute Gasteiger partial charge is 0.465 e. The molecule has 0 bridgehead atoms. The smallest absolute Gasteiger partial charge is 0.336 e. The van der Waals surface area contributed by atoms with Crippen molar-refractivity contribution in [3.63, 3.8) is 0 Å². The van der Waals surface area contributed by atoms with Gasteiger partial charge in [-0.05, 0) is 30.0 Å². The summed E-state index contributed by atoms with van der Waals surface area (Å²) in [7, 11) is 1.34. The van der Waals surface area contributed by atoms with Gasteiger partial charge in [0.1, 0.15) is 0 Å². The minimum Gasteiger partial charge on any atom is -0.465 e. The number of ether oxygens (including phenoxy) is 1. The van der Waals surface area contributed by atoms with Gasteiger partial charge in [-0.3, -0.25) is 0 Å². The lowest BCUT2D eigenvalue weighted by molar-refractivity contribution is 0.0601. The van der Waals surface area contributed by atoms with Gasteiger partial charge in [0.05, 0.1) is 13.7 Å². The van der Waals surface area contributed by atoms with Crippen LogP contribution >= 0.6 is 0 Å². The van der Waals surface area contributed by atoms with Crippen molar-refractivity contribution in [3.05, 3.63) is 40.7 Å². The van der Waals surface area contributed by atoms with E-state index in [0.29, 0.717) is 17.2 Å². The molecule has 1 rings (SSSR count). The molecule has 1 aromatic rings. The predicted octanol–water partition coefficient (Wildman–Crippen LogP) is 3.22. The summed E-state index contributed by atoms with van der Waals surface area (Å²) in [5.41, 5.74) is 1.95. The standard InChI is InChI=1S/C13H15NO2/c1-9(2)7-10-5-6-11(13(15)16-4)8-12(10)14-3/h5-6,8-9H,7H2,1-2,4H3. The fraction of sp³-hybridized carbons (Fsp3) is 0.385. The zero-order valence-corrected chi connectivity index (χ0v) is 9.78. The Bertz CT molecular complexity index is 430. The second-order valence-corrected chi connectivity index (χ2v) is 4.04. The molecule has 0 fully saturated rings. The molecule has 0 aromatic heterocycles. The Hall–Kier alpha value is -1.82. The molecule has 16 heavy (non-hydrogen) atoms. The van der Waals surface area contributed by atoms with Crippen molar-refractivity contribution >= 4 is 11.7 Å². The van der Waals surface area contributed by atoms with Gasteiger partial charge in [-0.15, -0.1) is 0 Å². The van der Waals surface area contributed by atoms with E-state index in [2.05, 4.69) is 23.4 Å². The normalized spacial score (nSPS) is 9.94.